The van der Waals surface area contributed by atoms with Crippen molar-refractivity contribution in [2.45, 2.75) is 31.7 Å². The second-order valence-corrected chi connectivity index (χ2v) is 7.95. The van der Waals surface area contributed by atoms with E-state index in [1.165, 1.54) is 44.2 Å². The van der Waals surface area contributed by atoms with Gasteiger partial charge >= 0.3 is 12.1 Å². The summed E-state index contributed by atoms with van der Waals surface area (Å²) in [4.78, 5) is 24.9. The third-order valence-corrected chi connectivity index (χ3v) is 4.69. The Labute approximate surface area is 181 Å². The molecule has 9 heteroatoms. The van der Waals surface area contributed by atoms with E-state index in [1.54, 1.807) is 18.2 Å². The first-order valence-electron chi connectivity index (χ1n) is 9.27. The third-order valence-electron chi connectivity index (χ3n) is 4.44. The standard InChI is InChI=1S/C22H19ClF3NO4/c1-21(2,12-27-19(28)13-7-9-15(23)10-8-13)31-20(29)16-11-14-5-3-4-6-17(14)30-18(16)22(24,25)26/h3-11,18H,12H2,1-2H3,(H,27,28). The topological polar surface area (TPSA) is 64.6 Å². The van der Waals surface area contributed by atoms with Gasteiger partial charge in [0.05, 0.1) is 12.1 Å². The summed E-state index contributed by atoms with van der Waals surface area (Å²) in [5.41, 5.74) is -1.27. The molecule has 0 aliphatic carbocycles. The Morgan fingerprint density at radius 1 is 1.10 bits per heavy atom. The van der Waals surface area contributed by atoms with Crippen LogP contribution in [0.2, 0.25) is 5.02 Å². The second-order valence-electron chi connectivity index (χ2n) is 7.52. The van der Waals surface area contributed by atoms with Crippen LogP contribution in [0.4, 0.5) is 13.2 Å². The smallest absolute Gasteiger partial charge is 0.430 e. The number of benzene rings is 2. The van der Waals surface area contributed by atoms with Crippen molar-refractivity contribution in [2.24, 2.45) is 0 Å². The molecule has 0 aromatic heterocycles. The maximum absolute atomic E-state index is 13.5. The van der Waals surface area contributed by atoms with Crippen molar-refractivity contribution in [1.82, 2.24) is 5.32 Å². The Kier molecular flexibility index (Phi) is 6.31. The van der Waals surface area contributed by atoms with Crippen LogP contribution >= 0.6 is 11.6 Å². The molecule has 0 radical (unpaired) electrons. The number of carbonyl (C=O) groups is 2. The van der Waals surface area contributed by atoms with Gasteiger partial charge in [0, 0.05) is 16.1 Å². The molecule has 1 heterocycles. The molecule has 31 heavy (non-hydrogen) atoms. The van der Waals surface area contributed by atoms with Crippen LogP contribution in [0.1, 0.15) is 29.8 Å². The van der Waals surface area contributed by atoms with E-state index in [-0.39, 0.29) is 12.3 Å². The van der Waals surface area contributed by atoms with Crippen LogP contribution in [0.5, 0.6) is 5.75 Å². The minimum Gasteiger partial charge on any atom is -0.475 e. The van der Waals surface area contributed by atoms with E-state index in [1.807, 2.05) is 0 Å². The zero-order chi connectivity index (χ0) is 22.8. The first kappa shape index (κ1) is 22.7. The predicted molar refractivity (Wildman–Crippen MR) is 109 cm³/mol. The summed E-state index contributed by atoms with van der Waals surface area (Å²) in [6, 6.07) is 12.2. The highest BCUT2D eigenvalue weighted by Gasteiger charge is 2.49. The zero-order valence-corrected chi connectivity index (χ0v) is 17.4. The molecule has 2 aromatic rings. The number of amides is 1. The Balaban J connectivity index is 1.72. The van der Waals surface area contributed by atoms with Crippen LogP contribution in [-0.4, -0.2) is 36.3 Å². The second kappa shape index (κ2) is 8.63. The van der Waals surface area contributed by atoms with Gasteiger partial charge in [-0.15, -0.1) is 0 Å². The molecule has 0 saturated heterocycles. The van der Waals surface area contributed by atoms with E-state index in [4.69, 9.17) is 21.1 Å². The van der Waals surface area contributed by atoms with Gasteiger partial charge in [-0.25, -0.2) is 4.79 Å². The number of rotatable bonds is 5. The van der Waals surface area contributed by atoms with Crippen molar-refractivity contribution in [2.75, 3.05) is 6.54 Å². The molecule has 164 valence electrons. The summed E-state index contributed by atoms with van der Waals surface area (Å²) in [5, 5.41) is 3.06. The summed E-state index contributed by atoms with van der Waals surface area (Å²) < 4.78 is 50.9. The number of hydrogen-bond donors (Lipinski definition) is 1. The number of ether oxygens (including phenoxy) is 2. The molecule has 0 bridgehead atoms. The van der Waals surface area contributed by atoms with E-state index < -0.39 is 35.3 Å². The number of fused-ring (bicyclic) bond motifs is 1. The number of esters is 1. The Morgan fingerprint density at radius 2 is 1.74 bits per heavy atom. The number of halogens is 4. The molecule has 1 N–H and O–H groups in total. The van der Waals surface area contributed by atoms with Crippen LogP contribution < -0.4 is 10.1 Å². The average molecular weight is 454 g/mol. The number of para-hydroxylation sites is 1. The minimum absolute atomic E-state index is 0.0239. The normalized spacial score (nSPS) is 15.9. The lowest BCUT2D eigenvalue weighted by Gasteiger charge is -2.31. The molecule has 0 fully saturated rings. The average Bonchev–Trinajstić information content (AvgIpc) is 2.70. The van der Waals surface area contributed by atoms with Crippen LogP contribution in [0.15, 0.2) is 54.1 Å². The van der Waals surface area contributed by atoms with Gasteiger partial charge in [-0.2, -0.15) is 13.2 Å². The summed E-state index contributed by atoms with van der Waals surface area (Å²) in [5.74, 6) is -1.60. The van der Waals surface area contributed by atoms with Crippen molar-refractivity contribution < 1.29 is 32.2 Å². The van der Waals surface area contributed by atoms with Crippen molar-refractivity contribution in [3.05, 3.63) is 70.3 Å². The number of nitrogens with one attached hydrogen (secondary N) is 1. The monoisotopic (exact) mass is 453 g/mol. The van der Waals surface area contributed by atoms with Gasteiger partial charge in [0.2, 0.25) is 6.10 Å². The fourth-order valence-corrected chi connectivity index (χ4v) is 3.02. The molecule has 1 aliphatic heterocycles. The summed E-state index contributed by atoms with van der Waals surface area (Å²) >= 11 is 5.79. The lowest BCUT2D eigenvalue weighted by atomic mass is 10.0. The molecule has 1 atom stereocenters. The van der Waals surface area contributed by atoms with Crippen molar-refractivity contribution in [1.29, 1.82) is 0 Å². The molecule has 1 amide bonds. The fourth-order valence-electron chi connectivity index (χ4n) is 2.89. The highest BCUT2D eigenvalue weighted by atomic mass is 35.5. The quantitative estimate of drug-likeness (QED) is 0.661. The molecule has 0 spiro atoms. The molecule has 1 unspecified atom stereocenters. The van der Waals surface area contributed by atoms with E-state index >= 15 is 0 Å². The SMILES string of the molecule is CC(C)(CNC(=O)c1ccc(Cl)cc1)OC(=O)C1=Cc2ccccc2OC1C(F)(F)F. The van der Waals surface area contributed by atoms with Gasteiger partial charge in [0.25, 0.3) is 5.91 Å². The lowest BCUT2D eigenvalue weighted by Crippen LogP contribution is -2.45. The number of alkyl halides is 3. The largest absolute Gasteiger partial charge is 0.475 e. The Morgan fingerprint density at radius 3 is 2.39 bits per heavy atom. The maximum atomic E-state index is 13.5. The maximum Gasteiger partial charge on any atom is 0.430 e. The van der Waals surface area contributed by atoms with E-state index in [0.29, 0.717) is 16.1 Å². The number of hydrogen-bond acceptors (Lipinski definition) is 4. The van der Waals surface area contributed by atoms with Crippen molar-refractivity contribution >= 4 is 29.6 Å². The molecule has 0 saturated carbocycles. The fraction of sp³-hybridized carbons (Fsp3) is 0.273. The first-order chi connectivity index (χ1) is 14.5. The first-order valence-corrected chi connectivity index (χ1v) is 9.65. The van der Waals surface area contributed by atoms with Crippen LogP contribution in [0.3, 0.4) is 0 Å². The van der Waals surface area contributed by atoms with Crippen molar-refractivity contribution in [3.8, 4) is 5.75 Å². The molecular weight excluding hydrogens is 435 g/mol. The summed E-state index contributed by atoms with van der Waals surface area (Å²) in [7, 11) is 0. The zero-order valence-electron chi connectivity index (χ0n) is 16.6. The van der Waals surface area contributed by atoms with Gasteiger partial charge in [-0.1, -0.05) is 29.8 Å². The van der Waals surface area contributed by atoms with Gasteiger partial charge in [0.1, 0.15) is 11.4 Å². The van der Waals surface area contributed by atoms with Crippen LogP contribution in [0, 0.1) is 0 Å². The van der Waals surface area contributed by atoms with Gasteiger partial charge in [-0.05, 0) is 50.3 Å². The summed E-state index contributed by atoms with van der Waals surface area (Å²) in [6.45, 7) is 2.84. The minimum atomic E-state index is -4.81. The summed E-state index contributed by atoms with van der Waals surface area (Å²) in [6.07, 6.45) is -6.15. The van der Waals surface area contributed by atoms with E-state index in [2.05, 4.69) is 5.32 Å². The number of carbonyl (C=O) groups excluding carboxylic acids is 2. The molecule has 5 nitrogen and oxygen atoms in total. The van der Waals surface area contributed by atoms with E-state index in [9.17, 15) is 22.8 Å². The molecule has 2 aromatic carbocycles. The third kappa shape index (κ3) is 5.58. The highest BCUT2D eigenvalue weighted by Crippen LogP contribution is 2.37. The predicted octanol–water partition coefficient (Wildman–Crippen LogP) is 4.80. The molecule has 1 aliphatic rings. The van der Waals surface area contributed by atoms with Crippen molar-refractivity contribution in [3.63, 3.8) is 0 Å². The Bertz CT molecular complexity index is 1020. The lowest BCUT2D eigenvalue weighted by molar-refractivity contribution is -0.190. The Hall–Kier alpha value is -3.00. The van der Waals surface area contributed by atoms with E-state index in [0.717, 1.165) is 6.08 Å². The van der Waals surface area contributed by atoms with Crippen LogP contribution in [0.25, 0.3) is 6.08 Å². The van der Waals surface area contributed by atoms with Crippen LogP contribution in [-0.2, 0) is 9.53 Å². The van der Waals surface area contributed by atoms with Gasteiger partial charge in [0.15, 0.2) is 0 Å². The molecular formula is C22H19ClF3NO4. The van der Waals surface area contributed by atoms with Gasteiger partial charge < -0.3 is 14.8 Å². The van der Waals surface area contributed by atoms with Gasteiger partial charge in [-0.3, -0.25) is 4.79 Å². The highest BCUT2D eigenvalue weighted by molar-refractivity contribution is 6.30. The molecule has 3 rings (SSSR count).